The third-order valence-corrected chi connectivity index (χ3v) is 4.07. The van der Waals surface area contributed by atoms with E-state index in [0.29, 0.717) is 11.3 Å². The molecule has 3 heteroatoms. The van der Waals surface area contributed by atoms with E-state index in [4.69, 9.17) is 0 Å². The van der Waals surface area contributed by atoms with Gasteiger partial charge in [-0.25, -0.2) is 0 Å². The van der Waals surface area contributed by atoms with Gasteiger partial charge in [-0.15, -0.1) is 0 Å². The fraction of sp³-hybridized carbons (Fsp3) is 0.538. The average Bonchev–Trinajstić information content (AvgIpc) is 2.68. The summed E-state index contributed by atoms with van der Waals surface area (Å²) in [7, 11) is 0. The molecule has 88 valence electrons. The van der Waals surface area contributed by atoms with E-state index in [9.17, 15) is 5.11 Å². The van der Waals surface area contributed by atoms with Gasteiger partial charge in [0.05, 0.1) is 4.47 Å². The summed E-state index contributed by atoms with van der Waals surface area (Å²) in [4.78, 5) is 0. The van der Waals surface area contributed by atoms with Crippen molar-refractivity contribution in [2.45, 2.75) is 44.7 Å². The van der Waals surface area contributed by atoms with Crippen LogP contribution in [0.1, 0.15) is 38.2 Å². The van der Waals surface area contributed by atoms with E-state index in [1.807, 2.05) is 12.1 Å². The molecule has 0 amide bonds. The fourth-order valence-corrected chi connectivity index (χ4v) is 2.73. The van der Waals surface area contributed by atoms with Crippen LogP contribution in [0.4, 0.5) is 0 Å². The Labute approximate surface area is 105 Å². The van der Waals surface area contributed by atoms with Gasteiger partial charge < -0.3 is 10.4 Å². The number of nitrogens with one attached hydrogen (secondary N) is 1. The first kappa shape index (κ1) is 11.9. The van der Waals surface area contributed by atoms with Crippen LogP contribution in [0.2, 0.25) is 0 Å². The van der Waals surface area contributed by atoms with Crippen molar-refractivity contribution in [3.63, 3.8) is 0 Å². The number of hydrogen-bond donors (Lipinski definition) is 2. The van der Waals surface area contributed by atoms with E-state index in [1.165, 1.54) is 31.2 Å². The molecule has 1 aromatic rings. The van der Waals surface area contributed by atoms with Crippen LogP contribution in [-0.2, 0) is 6.54 Å². The normalized spacial score (nSPS) is 18.9. The molecule has 1 aliphatic rings. The molecule has 0 atom stereocenters. The Morgan fingerprint density at radius 2 is 2.06 bits per heavy atom. The largest absolute Gasteiger partial charge is 0.507 e. The molecule has 2 nitrogen and oxygen atoms in total. The van der Waals surface area contributed by atoms with Gasteiger partial charge in [0.1, 0.15) is 5.75 Å². The summed E-state index contributed by atoms with van der Waals surface area (Å²) in [6, 6.07) is 5.67. The highest BCUT2D eigenvalue weighted by Crippen LogP contribution is 2.30. The van der Waals surface area contributed by atoms with Crippen LogP contribution >= 0.6 is 15.9 Å². The van der Waals surface area contributed by atoms with E-state index in [2.05, 4.69) is 28.2 Å². The van der Waals surface area contributed by atoms with Gasteiger partial charge in [-0.1, -0.05) is 18.9 Å². The maximum atomic E-state index is 9.41. The highest BCUT2D eigenvalue weighted by molar-refractivity contribution is 9.10. The first-order chi connectivity index (χ1) is 7.59. The topological polar surface area (TPSA) is 32.3 Å². The Morgan fingerprint density at radius 3 is 2.69 bits per heavy atom. The van der Waals surface area contributed by atoms with Gasteiger partial charge in [0, 0.05) is 12.1 Å². The van der Waals surface area contributed by atoms with E-state index in [0.717, 1.165) is 11.0 Å². The molecule has 1 fully saturated rings. The molecular formula is C13H18BrNO. The highest BCUT2D eigenvalue weighted by Gasteiger charge is 2.27. The quantitative estimate of drug-likeness (QED) is 0.889. The van der Waals surface area contributed by atoms with Crippen LogP contribution < -0.4 is 5.32 Å². The van der Waals surface area contributed by atoms with E-state index in [-0.39, 0.29) is 0 Å². The summed E-state index contributed by atoms with van der Waals surface area (Å²) in [6.45, 7) is 3.17. The van der Waals surface area contributed by atoms with Crippen molar-refractivity contribution in [3.05, 3.63) is 28.2 Å². The average molecular weight is 284 g/mol. The third-order valence-electron chi connectivity index (χ3n) is 3.44. The first-order valence-electron chi connectivity index (χ1n) is 5.81. The van der Waals surface area contributed by atoms with Gasteiger partial charge in [0.15, 0.2) is 0 Å². The summed E-state index contributed by atoms with van der Waals surface area (Å²) in [5.74, 6) is 0.302. The SMILES string of the molecule is CC1(NCc2ccc(O)c(Br)c2)CCCC1. The minimum Gasteiger partial charge on any atom is -0.507 e. The molecule has 0 bridgehead atoms. The second kappa shape index (κ2) is 4.76. The van der Waals surface area contributed by atoms with Crippen molar-refractivity contribution in [1.82, 2.24) is 5.32 Å². The maximum absolute atomic E-state index is 9.41. The van der Waals surface area contributed by atoms with Crippen molar-refractivity contribution in [1.29, 1.82) is 0 Å². The lowest BCUT2D eigenvalue weighted by molar-refractivity contribution is 0.362. The molecule has 2 N–H and O–H groups in total. The van der Waals surface area contributed by atoms with Crippen molar-refractivity contribution in [2.24, 2.45) is 0 Å². The zero-order chi connectivity index (χ0) is 11.6. The van der Waals surface area contributed by atoms with Crippen LogP contribution in [-0.4, -0.2) is 10.6 Å². The van der Waals surface area contributed by atoms with Crippen LogP contribution in [0.15, 0.2) is 22.7 Å². The Bertz CT molecular complexity index is 372. The summed E-state index contributed by atoms with van der Waals surface area (Å²) in [6.07, 6.45) is 5.21. The van der Waals surface area contributed by atoms with Gasteiger partial charge >= 0.3 is 0 Å². The summed E-state index contributed by atoms with van der Waals surface area (Å²) >= 11 is 3.34. The lowest BCUT2D eigenvalue weighted by Gasteiger charge is -2.25. The molecular weight excluding hydrogens is 266 g/mol. The predicted molar refractivity (Wildman–Crippen MR) is 69.5 cm³/mol. The van der Waals surface area contributed by atoms with Crippen molar-refractivity contribution < 1.29 is 5.11 Å². The standard InChI is InChI=1S/C13H18BrNO/c1-13(6-2-3-7-13)15-9-10-4-5-12(16)11(14)8-10/h4-5,8,15-16H,2-3,6-7,9H2,1H3. The molecule has 0 heterocycles. The van der Waals surface area contributed by atoms with Crippen LogP contribution in [0.3, 0.4) is 0 Å². The van der Waals surface area contributed by atoms with Crippen LogP contribution in [0, 0.1) is 0 Å². The smallest absolute Gasteiger partial charge is 0.129 e. The Balaban J connectivity index is 1.96. The van der Waals surface area contributed by atoms with Gasteiger partial charge in [-0.2, -0.15) is 0 Å². The zero-order valence-electron chi connectivity index (χ0n) is 9.59. The fourth-order valence-electron chi connectivity index (χ4n) is 2.31. The Kier molecular flexibility index (Phi) is 3.55. The second-order valence-electron chi connectivity index (χ2n) is 4.91. The molecule has 16 heavy (non-hydrogen) atoms. The molecule has 0 unspecified atom stereocenters. The molecule has 1 saturated carbocycles. The summed E-state index contributed by atoms with van der Waals surface area (Å²) < 4.78 is 0.767. The molecule has 0 radical (unpaired) electrons. The minimum atomic E-state index is 0.302. The van der Waals surface area contributed by atoms with Crippen molar-refractivity contribution in [2.75, 3.05) is 0 Å². The van der Waals surface area contributed by atoms with Crippen LogP contribution in [0.5, 0.6) is 5.75 Å². The maximum Gasteiger partial charge on any atom is 0.129 e. The molecule has 1 aliphatic carbocycles. The van der Waals surface area contributed by atoms with E-state index < -0.39 is 0 Å². The van der Waals surface area contributed by atoms with Gasteiger partial charge in [0.2, 0.25) is 0 Å². The van der Waals surface area contributed by atoms with Crippen molar-refractivity contribution in [3.8, 4) is 5.75 Å². The number of halogens is 1. The summed E-state index contributed by atoms with van der Waals surface area (Å²) in [5, 5.41) is 13.0. The monoisotopic (exact) mass is 283 g/mol. The molecule has 0 spiro atoms. The highest BCUT2D eigenvalue weighted by atomic mass is 79.9. The number of hydrogen-bond acceptors (Lipinski definition) is 2. The number of aromatic hydroxyl groups is 1. The van der Waals surface area contributed by atoms with Gasteiger partial charge in [-0.05, 0) is 53.4 Å². The third kappa shape index (κ3) is 2.77. The van der Waals surface area contributed by atoms with Gasteiger partial charge in [0.25, 0.3) is 0 Å². The number of phenols is 1. The zero-order valence-corrected chi connectivity index (χ0v) is 11.2. The van der Waals surface area contributed by atoms with Crippen molar-refractivity contribution >= 4 is 15.9 Å². The minimum absolute atomic E-state index is 0.302. The van der Waals surface area contributed by atoms with Crippen LogP contribution in [0.25, 0.3) is 0 Å². The number of phenolic OH excluding ortho intramolecular Hbond substituents is 1. The Hall–Kier alpha value is -0.540. The number of rotatable bonds is 3. The first-order valence-corrected chi connectivity index (χ1v) is 6.61. The molecule has 0 aromatic heterocycles. The molecule has 1 aromatic carbocycles. The second-order valence-corrected chi connectivity index (χ2v) is 5.76. The summed E-state index contributed by atoms with van der Waals surface area (Å²) in [5.41, 5.74) is 1.52. The predicted octanol–water partition coefficient (Wildman–Crippen LogP) is 3.58. The Morgan fingerprint density at radius 1 is 1.38 bits per heavy atom. The molecule has 2 rings (SSSR count). The molecule has 0 saturated heterocycles. The lowest BCUT2D eigenvalue weighted by Crippen LogP contribution is -2.38. The van der Waals surface area contributed by atoms with Gasteiger partial charge in [-0.3, -0.25) is 0 Å². The lowest BCUT2D eigenvalue weighted by atomic mass is 10.0. The van der Waals surface area contributed by atoms with E-state index >= 15 is 0 Å². The molecule has 0 aliphatic heterocycles. The van der Waals surface area contributed by atoms with E-state index in [1.54, 1.807) is 6.07 Å². The number of benzene rings is 1.